The molecule has 3 atom stereocenters. The molecule has 5 nitrogen and oxygen atoms in total. The zero-order valence-corrected chi connectivity index (χ0v) is 13.6. The fraction of sp³-hybridized carbons (Fsp3) is 0.467. The fourth-order valence-electron chi connectivity index (χ4n) is 2.47. The van der Waals surface area contributed by atoms with Crippen LogP contribution in [0, 0.1) is 11.7 Å². The Balaban J connectivity index is 1.88. The molecule has 1 unspecified atom stereocenters. The summed E-state index contributed by atoms with van der Waals surface area (Å²) in [6.45, 7) is 1.59. The van der Waals surface area contributed by atoms with Crippen LogP contribution in [0.15, 0.2) is 22.7 Å². The Kier molecular flexibility index (Phi) is 5.39. The Morgan fingerprint density at radius 2 is 2.18 bits per heavy atom. The third kappa shape index (κ3) is 4.19. The van der Waals surface area contributed by atoms with Gasteiger partial charge >= 0.3 is 5.97 Å². The number of carboxylic acids is 1. The van der Waals surface area contributed by atoms with Gasteiger partial charge in [-0.25, -0.2) is 4.39 Å². The zero-order valence-electron chi connectivity index (χ0n) is 12.0. The molecular formula is C15H17BrFNO4. The summed E-state index contributed by atoms with van der Waals surface area (Å²) in [5.74, 6) is -1.56. The van der Waals surface area contributed by atoms with Crippen LogP contribution in [0.1, 0.15) is 26.2 Å². The molecule has 1 saturated carbocycles. The van der Waals surface area contributed by atoms with Crippen LogP contribution < -0.4 is 10.1 Å². The minimum atomic E-state index is -0.823. The van der Waals surface area contributed by atoms with Crippen molar-refractivity contribution in [3.05, 3.63) is 28.5 Å². The largest absolute Gasteiger partial charge is 0.481 e. The molecule has 1 amide bonds. The topological polar surface area (TPSA) is 75.6 Å². The van der Waals surface area contributed by atoms with E-state index in [4.69, 9.17) is 9.84 Å². The molecule has 0 aromatic heterocycles. The van der Waals surface area contributed by atoms with Crippen molar-refractivity contribution < 1.29 is 23.8 Å². The minimum absolute atomic E-state index is 0.142. The summed E-state index contributed by atoms with van der Waals surface area (Å²) in [5, 5.41) is 11.7. The molecule has 7 heteroatoms. The molecule has 1 aliphatic carbocycles. The van der Waals surface area contributed by atoms with Gasteiger partial charge in [0.1, 0.15) is 11.6 Å². The van der Waals surface area contributed by atoms with Crippen LogP contribution in [0.3, 0.4) is 0 Å². The van der Waals surface area contributed by atoms with Gasteiger partial charge in [-0.2, -0.15) is 0 Å². The molecule has 0 saturated heterocycles. The number of aliphatic carboxylic acids is 1. The lowest BCUT2D eigenvalue weighted by Crippen LogP contribution is -2.41. The van der Waals surface area contributed by atoms with E-state index in [-0.39, 0.29) is 11.9 Å². The molecule has 1 fully saturated rings. The number of hydrogen-bond acceptors (Lipinski definition) is 3. The second-order valence-corrected chi connectivity index (χ2v) is 6.24. The van der Waals surface area contributed by atoms with Crippen LogP contribution in [-0.2, 0) is 9.59 Å². The van der Waals surface area contributed by atoms with Gasteiger partial charge in [-0.15, -0.1) is 0 Å². The first-order valence-corrected chi connectivity index (χ1v) is 7.81. The van der Waals surface area contributed by atoms with Crippen molar-refractivity contribution in [3.8, 4) is 5.75 Å². The lowest BCUT2D eigenvalue weighted by molar-refractivity contribution is -0.141. The predicted molar refractivity (Wildman–Crippen MR) is 81.1 cm³/mol. The third-order valence-corrected chi connectivity index (χ3v) is 4.31. The SMILES string of the molecule is CC(Oc1ccc(F)cc1Br)C(=O)N[C@H]1CC[C@@H](C(=O)O)C1. The van der Waals surface area contributed by atoms with Crippen LogP contribution in [-0.4, -0.2) is 29.1 Å². The first-order valence-electron chi connectivity index (χ1n) is 7.01. The first kappa shape index (κ1) is 16.7. The fourth-order valence-corrected chi connectivity index (χ4v) is 2.91. The predicted octanol–water partition coefficient (Wildman–Crippen LogP) is 2.73. The number of hydrogen-bond donors (Lipinski definition) is 2. The average Bonchev–Trinajstić information content (AvgIpc) is 2.90. The van der Waals surface area contributed by atoms with Crippen LogP contribution in [0.4, 0.5) is 4.39 Å². The van der Waals surface area contributed by atoms with E-state index >= 15 is 0 Å². The molecule has 0 bridgehead atoms. The van der Waals surface area contributed by atoms with E-state index in [2.05, 4.69) is 21.2 Å². The van der Waals surface area contributed by atoms with E-state index in [1.54, 1.807) is 6.92 Å². The van der Waals surface area contributed by atoms with Gasteiger partial charge in [0.25, 0.3) is 5.91 Å². The van der Waals surface area contributed by atoms with Crippen molar-refractivity contribution in [2.45, 2.75) is 38.3 Å². The summed E-state index contributed by atoms with van der Waals surface area (Å²) in [6, 6.07) is 3.81. The van der Waals surface area contributed by atoms with Gasteiger partial charge in [-0.3, -0.25) is 9.59 Å². The van der Waals surface area contributed by atoms with Crippen LogP contribution >= 0.6 is 15.9 Å². The Morgan fingerprint density at radius 1 is 1.45 bits per heavy atom. The highest BCUT2D eigenvalue weighted by Gasteiger charge is 2.31. The first-order chi connectivity index (χ1) is 10.4. The molecule has 2 N–H and O–H groups in total. The molecule has 0 heterocycles. The monoisotopic (exact) mass is 373 g/mol. The number of rotatable bonds is 5. The molecule has 1 aromatic rings. The zero-order chi connectivity index (χ0) is 16.3. The maximum Gasteiger partial charge on any atom is 0.306 e. The average molecular weight is 374 g/mol. The second-order valence-electron chi connectivity index (χ2n) is 5.39. The number of benzene rings is 1. The lowest BCUT2D eigenvalue weighted by Gasteiger charge is -2.18. The lowest BCUT2D eigenvalue weighted by atomic mass is 10.1. The van der Waals surface area contributed by atoms with Crippen molar-refractivity contribution in [3.63, 3.8) is 0 Å². The van der Waals surface area contributed by atoms with Crippen molar-refractivity contribution >= 4 is 27.8 Å². The van der Waals surface area contributed by atoms with E-state index in [1.165, 1.54) is 18.2 Å². The number of halogens is 2. The van der Waals surface area contributed by atoms with Crippen LogP contribution in [0.25, 0.3) is 0 Å². The smallest absolute Gasteiger partial charge is 0.306 e. The number of nitrogens with one attached hydrogen (secondary N) is 1. The maximum atomic E-state index is 13.0. The van der Waals surface area contributed by atoms with E-state index in [0.717, 1.165) is 0 Å². The third-order valence-electron chi connectivity index (χ3n) is 3.70. The number of carbonyl (C=O) groups excluding carboxylic acids is 1. The highest BCUT2D eigenvalue weighted by molar-refractivity contribution is 9.10. The summed E-state index contributed by atoms with van der Waals surface area (Å²) >= 11 is 3.17. The Hall–Kier alpha value is -1.63. The molecule has 0 radical (unpaired) electrons. The molecule has 2 rings (SSSR count). The van der Waals surface area contributed by atoms with Crippen molar-refractivity contribution in [1.29, 1.82) is 0 Å². The van der Waals surface area contributed by atoms with Crippen LogP contribution in [0.5, 0.6) is 5.75 Å². The summed E-state index contributed by atoms with van der Waals surface area (Å²) in [5.41, 5.74) is 0. The second kappa shape index (κ2) is 7.09. The highest BCUT2D eigenvalue weighted by atomic mass is 79.9. The summed E-state index contributed by atoms with van der Waals surface area (Å²) in [4.78, 5) is 23.0. The van der Waals surface area contributed by atoms with Gasteiger partial charge in [0.05, 0.1) is 10.4 Å². The van der Waals surface area contributed by atoms with Crippen molar-refractivity contribution in [2.24, 2.45) is 5.92 Å². The van der Waals surface area contributed by atoms with Gasteiger partial charge in [0, 0.05) is 6.04 Å². The van der Waals surface area contributed by atoms with Gasteiger partial charge in [0.2, 0.25) is 0 Å². The summed E-state index contributed by atoms with van der Waals surface area (Å²) < 4.78 is 18.9. The molecule has 120 valence electrons. The van der Waals surface area contributed by atoms with E-state index < -0.39 is 23.8 Å². The van der Waals surface area contributed by atoms with Gasteiger partial charge in [0.15, 0.2) is 6.10 Å². The molecule has 22 heavy (non-hydrogen) atoms. The quantitative estimate of drug-likeness (QED) is 0.831. The number of carbonyl (C=O) groups is 2. The van der Waals surface area contributed by atoms with E-state index in [0.29, 0.717) is 29.5 Å². The van der Waals surface area contributed by atoms with Gasteiger partial charge in [-0.1, -0.05) is 0 Å². The summed E-state index contributed by atoms with van der Waals surface area (Å²) in [6.07, 6.45) is 0.897. The number of carboxylic acid groups (broad SMARTS) is 1. The van der Waals surface area contributed by atoms with Crippen molar-refractivity contribution in [1.82, 2.24) is 5.32 Å². The molecule has 1 aliphatic rings. The molecule has 0 spiro atoms. The molecule has 0 aliphatic heterocycles. The Labute approximate surface area is 136 Å². The molecule has 1 aromatic carbocycles. The minimum Gasteiger partial charge on any atom is -0.481 e. The van der Waals surface area contributed by atoms with Crippen molar-refractivity contribution in [2.75, 3.05) is 0 Å². The van der Waals surface area contributed by atoms with Crippen LogP contribution in [0.2, 0.25) is 0 Å². The Bertz CT molecular complexity index is 581. The van der Waals surface area contributed by atoms with E-state index in [9.17, 15) is 14.0 Å². The Morgan fingerprint density at radius 3 is 2.77 bits per heavy atom. The molecular weight excluding hydrogens is 357 g/mol. The van der Waals surface area contributed by atoms with Gasteiger partial charge in [-0.05, 0) is 60.3 Å². The number of ether oxygens (including phenoxy) is 1. The number of amides is 1. The van der Waals surface area contributed by atoms with E-state index in [1.807, 2.05) is 0 Å². The normalized spacial score (nSPS) is 22.1. The maximum absolute atomic E-state index is 13.0. The highest BCUT2D eigenvalue weighted by Crippen LogP contribution is 2.27. The van der Waals surface area contributed by atoms with Gasteiger partial charge < -0.3 is 15.2 Å². The standard InChI is InChI=1S/C15H17BrFNO4/c1-8(22-13-5-3-10(17)7-12(13)16)14(19)18-11-4-2-9(6-11)15(20)21/h3,5,7-9,11H,2,4,6H2,1H3,(H,18,19)(H,20,21)/t8?,9-,11+/m1/s1. The summed E-state index contributed by atoms with van der Waals surface area (Å²) in [7, 11) is 0.